The third-order valence-corrected chi connectivity index (χ3v) is 8.86. The third-order valence-electron chi connectivity index (χ3n) is 8.86. The number of fused-ring (bicyclic) bond motifs is 4. The fourth-order valence-corrected chi connectivity index (χ4v) is 6.52. The maximum absolute atomic E-state index is 5.14. The molecule has 8 aromatic carbocycles. The van der Waals surface area contributed by atoms with Gasteiger partial charge in [0.2, 0.25) is 0 Å². The second-order valence-electron chi connectivity index (χ2n) is 11.7. The highest BCUT2D eigenvalue weighted by molar-refractivity contribution is 6.05. The predicted octanol–water partition coefficient (Wildman–Crippen LogP) is 11.2. The van der Waals surface area contributed by atoms with Crippen molar-refractivity contribution in [2.24, 2.45) is 0 Å². The lowest BCUT2D eigenvalue weighted by Gasteiger charge is -2.14. The monoisotopic (exact) mass is 585 g/mol. The van der Waals surface area contributed by atoms with E-state index >= 15 is 0 Å². The minimum Gasteiger partial charge on any atom is -0.208 e. The van der Waals surface area contributed by atoms with Crippen molar-refractivity contribution in [1.82, 2.24) is 15.0 Å². The molecule has 0 saturated carbocycles. The summed E-state index contributed by atoms with van der Waals surface area (Å²) in [6.07, 6.45) is 0. The highest BCUT2D eigenvalue weighted by Crippen LogP contribution is 2.37. The zero-order chi connectivity index (χ0) is 30.5. The van der Waals surface area contributed by atoms with Crippen LogP contribution in [0.1, 0.15) is 0 Å². The first kappa shape index (κ1) is 26.2. The third kappa shape index (κ3) is 4.58. The van der Waals surface area contributed by atoms with E-state index in [0.29, 0.717) is 17.5 Å². The molecule has 0 radical (unpaired) electrons. The second kappa shape index (κ2) is 10.8. The van der Waals surface area contributed by atoms with Gasteiger partial charge in [-0.2, -0.15) is 0 Å². The summed E-state index contributed by atoms with van der Waals surface area (Å²) in [4.78, 5) is 15.2. The van der Waals surface area contributed by atoms with Gasteiger partial charge in [0, 0.05) is 16.7 Å². The van der Waals surface area contributed by atoms with Crippen molar-refractivity contribution >= 4 is 43.1 Å². The summed E-state index contributed by atoms with van der Waals surface area (Å²) in [5.41, 5.74) is 5.26. The lowest BCUT2D eigenvalue weighted by molar-refractivity contribution is 1.08. The van der Waals surface area contributed by atoms with E-state index in [1.165, 1.54) is 38.1 Å². The van der Waals surface area contributed by atoms with Gasteiger partial charge in [0.05, 0.1) is 0 Å². The molecule has 0 atom stereocenters. The van der Waals surface area contributed by atoms with Crippen LogP contribution in [0.15, 0.2) is 164 Å². The molecule has 0 amide bonds. The van der Waals surface area contributed by atoms with Crippen molar-refractivity contribution in [1.29, 1.82) is 0 Å². The van der Waals surface area contributed by atoms with Crippen molar-refractivity contribution in [2.75, 3.05) is 0 Å². The molecule has 0 aliphatic heterocycles. The van der Waals surface area contributed by atoms with Crippen LogP contribution in [0.4, 0.5) is 0 Å². The van der Waals surface area contributed by atoms with E-state index in [-0.39, 0.29) is 0 Å². The van der Waals surface area contributed by atoms with Crippen molar-refractivity contribution in [3.8, 4) is 45.3 Å². The van der Waals surface area contributed by atoms with Crippen molar-refractivity contribution in [3.63, 3.8) is 0 Å². The largest absolute Gasteiger partial charge is 0.208 e. The summed E-state index contributed by atoms with van der Waals surface area (Å²) in [6, 6.07) is 57.7. The molecule has 9 aromatic rings. The average molecular weight is 586 g/mol. The van der Waals surface area contributed by atoms with Crippen molar-refractivity contribution in [3.05, 3.63) is 164 Å². The van der Waals surface area contributed by atoms with Crippen LogP contribution in [-0.4, -0.2) is 15.0 Å². The number of nitrogens with zero attached hydrogens (tertiary/aromatic N) is 3. The second-order valence-corrected chi connectivity index (χ2v) is 11.7. The fourth-order valence-electron chi connectivity index (χ4n) is 6.52. The average Bonchev–Trinajstić information content (AvgIpc) is 3.13. The Balaban J connectivity index is 1.24. The Morgan fingerprint density at radius 2 is 0.739 bits per heavy atom. The predicted molar refractivity (Wildman–Crippen MR) is 192 cm³/mol. The van der Waals surface area contributed by atoms with Gasteiger partial charge in [-0.3, -0.25) is 0 Å². The van der Waals surface area contributed by atoms with Gasteiger partial charge in [-0.05, 0) is 84.5 Å². The van der Waals surface area contributed by atoms with Crippen LogP contribution in [0.5, 0.6) is 0 Å². The van der Waals surface area contributed by atoms with Gasteiger partial charge in [0.1, 0.15) is 0 Å². The van der Waals surface area contributed by atoms with Crippen LogP contribution in [0.25, 0.3) is 88.4 Å². The Hall–Kier alpha value is -6.19. The highest BCUT2D eigenvalue weighted by Gasteiger charge is 2.16. The van der Waals surface area contributed by atoms with E-state index in [2.05, 4.69) is 146 Å². The van der Waals surface area contributed by atoms with Crippen LogP contribution >= 0.6 is 0 Å². The number of benzene rings is 8. The summed E-state index contributed by atoms with van der Waals surface area (Å²) < 4.78 is 0. The standard InChI is InChI=1S/C43H27N3/c1-2-11-29(12-3-1)41-44-42(35-21-19-33-24-31-14-6-7-15-32(31)26-36(33)27-35)46-43(45-41)40-23-22-37(38-16-8-9-17-39(38)40)34-20-18-28-10-4-5-13-30(28)25-34/h1-27H. The van der Waals surface area contributed by atoms with Crippen molar-refractivity contribution in [2.45, 2.75) is 0 Å². The Morgan fingerprint density at radius 3 is 1.50 bits per heavy atom. The SMILES string of the molecule is c1ccc(-c2nc(-c3ccc4cc5ccccc5cc4c3)nc(-c3ccc(-c4ccc5ccccc5c4)c4ccccc34)n2)cc1. The van der Waals surface area contributed by atoms with Crippen LogP contribution in [0.2, 0.25) is 0 Å². The number of rotatable bonds is 4. The molecule has 3 heteroatoms. The summed E-state index contributed by atoms with van der Waals surface area (Å²) in [5, 5.41) is 9.53. The van der Waals surface area contributed by atoms with E-state index in [1.54, 1.807) is 0 Å². The summed E-state index contributed by atoms with van der Waals surface area (Å²) in [5.74, 6) is 1.97. The molecule has 0 fully saturated rings. The highest BCUT2D eigenvalue weighted by atomic mass is 15.0. The van der Waals surface area contributed by atoms with Crippen LogP contribution < -0.4 is 0 Å². The summed E-state index contributed by atoms with van der Waals surface area (Å²) in [6.45, 7) is 0. The lowest BCUT2D eigenvalue weighted by atomic mass is 9.93. The lowest BCUT2D eigenvalue weighted by Crippen LogP contribution is -2.00. The molecular formula is C43H27N3. The van der Waals surface area contributed by atoms with Gasteiger partial charge in [-0.15, -0.1) is 0 Å². The molecule has 0 bridgehead atoms. The maximum Gasteiger partial charge on any atom is 0.164 e. The maximum atomic E-state index is 5.14. The van der Waals surface area contributed by atoms with Crippen LogP contribution in [-0.2, 0) is 0 Å². The zero-order valence-electron chi connectivity index (χ0n) is 24.9. The topological polar surface area (TPSA) is 38.7 Å². The van der Waals surface area contributed by atoms with Gasteiger partial charge in [0.25, 0.3) is 0 Å². The molecule has 9 rings (SSSR count). The minimum absolute atomic E-state index is 0.654. The van der Waals surface area contributed by atoms with Gasteiger partial charge in [0.15, 0.2) is 17.5 Å². The first-order chi connectivity index (χ1) is 22.8. The normalized spacial score (nSPS) is 11.5. The molecule has 0 spiro atoms. The number of hydrogen-bond acceptors (Lipinski definition) is 3. The van der Waals surface area contributed by atoms with E-state index < -0.39 is 0 Å². The van der Waals surface area contributed by atoms with Gasteiger partial charge >= 0.3 is 0 Å². The first-order valence-corrected chi connectivity index (χ1v) is 15.5. The summed E-state index contributed by atoms with van der Waals surface area (Å²) in [7, 11) is 0. The smallest absolute Gasteiger partial charge is 0.164 e. The van der Waals surface area contributed by atoms with Crippen molar-refractivity contribution < 1.29 is 0 Å². The molecule has 0 saturated heterocycles. The van der Waals surface area contributed by atoms with E-state index in [4.69, 9.17) is 15.0 Å². The van der Waals surface area contributed by atoms with Crippen LogP contribution in [0.3, 0.4) is 0 Å². The van der Waals surface area contributed by atoms with E-state index in [1.807, 2.05) is 18.2 Å². The Bertz CT molecular complexity index is 2590. The fraction of sp³-hybridized carbons (Fsp3) is 0. The number of hydrogen-bond donors (Lipinski definition) is 0. The Labute approximate surface area is 266 Å². The van der Waals surface area contributed by atoms with E-state index in [9.17, 15) is 0 Å². The van der Waals surface area contributed by atoms with Gasteiger partial charge < -0.3 is 0 Å². The molecular weight excluding hydrogens is 558 g/mol. The Morgan fingerprint density at radius 1 is 0.261 bits per heavy atom. The molecule has 0 aliphatic rings. The minimum atomic E-state index is 0.654. The van der Waals surface area contributed by atoms with Gasteiger partial charge in [-0.25, -0.2) is 15.0 Å². The summed E-state index contributed by atoms with van der Waals surface area (Å²) >= 11 is 0. The molecule has 1 heterocycles. The molecule has 46 heavy (non-hydrogen) atoms. The molecule has 3 nitrogen and oxygen atoms in total. The molecule has 214 valence electrons. The molecule has 0 N–H and O–H groups in total. The quantitative estimate of drug-likeness (QED) is 0.193. The molecule has 1 aromatic heterocycles. The zero-order valence-corrected chi connectivity index (χ0v) is 24.9. The van der Waals surface area contributed by atoms with Crippen LogP contribution in [0, 0.1) is 0 Å². The Kier molecular flexibility index (Phi) is 6.14. The van der Waals surface area contributed by atoms with Gasteiger partial charge in [-0.1, -0.05) is 133 Å². The molecule has 0 unspecified atom stereocenters. The molecule has 0 aliphatic carbocycles. The number of aromatic nitrogens is 3. The first-order valence-electron chi connectivity index (χ1n) is 15.5. The van der Waals surface area contributed by atoms with E-state index in [0.717, 1.165) is 32.8 Å².